The van der Waals surface area contributed by atoms with Crippen LogP contribution in [0.5, 0.6) is 0 Å². The van der Waals surface area contributed by atoms with Crippen molar-refractivity contribution < 1.29 is 0 Å². The molecule has 0 amide bonds. The van der Waals surface area contributed by atoms with Gasteiger partial charge in [0.1, 0.15) is 0 Å². The Morgan fingerprint density at radius 2 is 1.00 bits per heavy atom. The van der Waals surface area contributed by atoms with Gasteiger partial charge in [-0.15, -0.1) is 0 Å². The third-order valence-corrected chi connectivity index (χ3v) is 10.1. The van der Waals surface area contributed by atoms with Crippen LogP contribution in [0.25, 0.3) is 65.8 Å². The Balaban J connectivity index is 1.25. The third kappa shape index (κ3) is 4.36. The molecule has 3 heteroatoms. The molecule has 0 atom stereocenters. The summed E-state index contributed by atoms with van der Waals surface area (Å²) >= 11 is 0. The van der Waals surface area contributed by atoms with Gasteiger partial charge >= 0.3 is 0 Å². The van der Waals surface area contributed by atoms with E-state index in [1.165, 1.54) is 60.1 Å². The van der Waals surface area contributed by atoms with E-state index in [0.717, 1.165) is 35.6 Å². The van der Waals surface area contributed by atoms with Gasteiger partial charge in [-0.2, -0.15) is 0 Å². The Labute approximate surface area is 284 Å². The summed E-state index contributed by atoms with van der Waals surface area (Å²) in [4.78, 5) is 2.45. The first-order valence-corrected chi connectivity index (χ1v) is 17.1. The molecule has 0 spiro atoms. The molecule has 0 unspecified atom stereocenters. The Bertz CT molecular complexity index is 2770. The van der Waals surface area contributed by atoms with Crippen molar-refractivity contribution in [1.82, 2.24) is 9.13 Å². The summed E-state index contributed by atoms with van der Waals surface area (Å²) in [5, 5.41) is 7.43. The Hall–Kier alpha value is -6.32. The minimum absolute atomic E-state index is 1.07. The largest absolute Gasteiger partial charge is 0.310 e. The highest BCUT2D eigenvalue weighted by Crippen LogP contribution is 2.44. The van der Waals surface area contributed by atoms with Crippen LogP contribution in [0, 0.1) is 0 Å². The van der Waals surface area contributed by atoms with E-state index < -0.39 is 0 Å². The van der Waals surface area contributed by atoms with Crippen LogP contribution in [0.3, 0.4) is 0 Å². The van der Waals surface area contributed by atoms with Gasteiger partial charge in [0.15, 0.2) is 0 Å². The lowest BCUT2D eigenvalue weighted by molar-refractivity contribution is 1.02. The van der Waals surface area contributed by atoms with Gasteiger partial charge in [-0.05, 0) is 91.0 Å². The predicted octanol–water partition coefficient (Wildman–Crippen LogP) is 12.7. The molecule has 0 fully saturated rings. The van der Waals surface area contributed by atoms with E-state index in [0.29, 0.717) is 0 Å². The molecule has 232 valence electrons. The van der Waals surface area contributed by atoms with E-state index in [1.54, 1.807) is 0 Å². The second-order valence-electron chi connectivity index (χ2n) is 12.9. The summed E-state index contributed by atoms with van der Waals surface area (Å²) in [5.74, 6) is 0. The fourth-order valence-corrected chi connectivity index (χ4v) is 7.93. The monoisotopic (exact) mass is 627 g/mol. The van der Waals surface area contributed by atoms with Crippen LogP contribution in [-0.2, 0) is 0 Å². The van der Waals surface area contributed by atoms with Crippen LogP contribution in [0.2, 0.25) is 0 Å². The Kier molecular flexibility index (Phi) is 6.31. The Morgan fingerprint density at radius 1 is 0.429 bits per heavy atom. The predicted molar refractivity (Wildman–Crippen MR) is 209 cm³/mol. The lowest BCUT2D eigenvalue weighted by atomic mass is 10.0. The van der Waals surface area contributed by atoms with Gasteiger partial charge in [0.25, 0.3) is 0 Å². The van der Waals surface area contributed by atoms with Crippen LogP contribution in [0.1, 0.15) is 12.8 Å². The smallest absolute Gasteiger partial charge is 0.0542 e. The zero-order valence-corrected chi connectivity index (χ0v) is 27.0. The lowest BCUT2D eigenvalue weighted by Gasteiger charge is -2.27. The first-order chi connectivity index (χ1) is 24.3. The van der Waals surface area contributed by atoms with Crippen molar-refractivity contribution in [3.8, 4) is 5.69 Å². The van der Waals surface area contributed by atoms with E-state index in [1.807, 2.05) is 0 Å². The number of anilines is 3. The van der Waals surface area contributed by atoms with Crippen LogP contribution in [-0.4, -0.2) is 9.13 Å². The molecular formula is C46H33N3. The molecular weight excluding hydrogens is 595 g/mol. The summed E-state index contributed by atoms with van der Waals surface area (Å²) < 4.78 is 4.81. The highest BCUT2D eigenvalue weighted by Gasteiger charge is 2.21. The first kappa shape index (κ1) is 27.8. The average molecular weight is 628 g/mol. The average Bonchev–Trinajstić information content (AvgIpc) is 3.68. The van der Waals surface area contributed by atoms with Crippen molar-refractivity contribution >= 4 is 77.1 Å². The minimum Gasteiger partial charge on any atom is -0.310 e. The molecule has 0 N–H and O–H groups in total. The highest BCUT2D eigenvalue weighted by molar-refractivity contribution is 6.14. The molecule has 7 aromatic carbocycles. The molecule has 0 saturated carbocycles. The first-order valence-electron chi connectivity index (χ1n) is 17.1. The van der Waals surface area contributed by atoms with Crippen LogP contribution in [0.15, 0.2) is 176 Å². The van der Waals surface area contributed by atoms with E-state index in [2.05, 4.69) is 190 Å². The maximum absolute atomic E-state index is 2.45. The van der Waals surface area contributed by atoms with Crippen LogP contribution in [0.4, 0.5) is 17.1 Å². The van der Waals surface area contributed by atoms with Gasteiger partial charge < -0.3 is 14.0 Å². The quantitative estimate of drug-likeness (QED) is 0.185. The van der Waals surface area contributed by atoms with Gasteiger partial charge in [0.2, 0.25) is 0 Å². The number of hydrogen-bond acceptors (Lipinski definition) is 1. The number of benzene rings is 7. The highest BCUT2D eigenvalue weighted by atomic mass is 15.1. The maximum Gasteiger partial charge on any atom is 0.0542 e. The zero-order chi connectivity index (χ0) is 32.3. The van der Waals surface area contributed by atoms with Gasteiger partial charge in [-0.3, -0.25) is 0 Å². The van der Waals surface area contributed by atoms with Gasteiger partial charge in [-0.1, -0.05) is 103 Å². The zero-order valence-electron chi connectivity index (χ0n) is 27.0. The molecule has 9 aromatic rings. The van der Waals surface area contributed by atoms with Gasteiger partial charge in [0.05, 0.1) is 27.8 Å². The molecule has 3 nitrogen and oxygen atoms in total. The molecule has 2 heterocycles. The molecule has 0 aliphatic heterocycles. The third-order valence-electron chi connectivity index (χ3n) is 10.1. The summed E-state index contributed by atoms with van der Waals surface area (Å²) in [6.07, 6.45) is 9.09. The fraction of sp³-hybridized carbons (Fsp3) is 0.0435. The number of fused-ring (bicyclic) bond motifs is 7. The number of hydrogen-bond donors (Lipinski definition) is 0. The fourth-order valence-electron chi connectivity index (χ4n) is 7.93. The van der Waals surface area contributed by atoms with Crippen LogP contribution >= 0.6 is 0 Å². The molecule has 0 saturated heterocycles. The summed E-state index contributed by atoms with van der Waals surface area (Å²) in [5.41, 5.74) is 10.7. The Morgan fingerprint density at radius 3 is 1.69 bits per heavy atom. The molecule has 0 radical (unpaired) electrons. The summed E-state index contributed by atoms with van der Waals surface area (Å²) in [6.45, 7) is 0. The van der Waals surface area contributed by atoms with E-state index in [4.69, 9.17) is 0 Å². The molecule has 49 heavy (non-hydrogen) atoms. The number of rotatable bonds is 5. The normalized spacial score (nSPS) is 13.2. The van der Waals surface area contributed by atoms with Crippen molar-refractivity contribution in [1.29, 1.82) is 0 Å². The maximum atomic E-state index is 2.45. The van der Waals surface area contributed by atoms with Gasteiger partial charge in [-0.25, -0.2) is 0 Å². The minimum atomic E-state index is 1.07. The number of nitrogens with zero attached hydrogens (tertiary/aromatic N) is 3. The summed E-state index contributed by atoms with van der Waals surface area (Å²) in [6, 6.07) is 57.5. The van der Waals surface area contributed by atoms with E-state index in [-0.39, 0.29) is 0 Å². The van der Waals surface area contributed by atoms with Crippen molar-refractivity contribution in [2.24, 2.45) is 0 Å². The lowest BCUT2D eigenvalue weighted by Crippen LogP contribution is -2.10. The number of para-hydroxylation sites is 3. The van der Waals surface area contributed by atoms with Crippen molar-refractivity contribution in [2.45, 2.75) is 12.8 Å². The van der Waals surface area contributed by atoms with Gasteiger partial charge in [0, 0.05) is 49.7 Å². The molecule has 2 aromatic heterocycles. The van der Waals surface area contributed by atoms with Crippen molar-refractivity contribution in [2.75, 3.05) is 4.90 Å². The SMILES string of the molecule is C1=CC(n2c3ccccc3c3cc(N(c4ccc5c(c4)c4ccccc4n5-c4ccccc4)c4cccc5ccccc45)ccc32)=CCC1. The number of allylic oxidation sites excluding steroid dienone is 4. The number of aromatic nitrogens is 2. The molecule has 1 aliphatic carbocycles. The molecule has 10 rings (SSSR count). The molecule has 0 bridgehead atoms. The summed E-state index contributed by atoms with van der Waals surface area (Å²) in [7, 11) is 0. The topological polar surface area (TPSA) is 13.1 Å². The second-order valence-corrected chi connectivity index (χ2v) is 12.9. The van der Waals surface area contributed by atoms with E-state index >= 15 is 0 Å². The van der Waals surface area contributed by atoms with Crippen molar-refractivity contribution in [3.63, 3.8) is 0 Å². The molecule has 1 aliphatic rings. The van der Waals surface area contributed by atoms with Crippen molar-refractivity contribution in [3.05, 3.63) is 176 Å². The standard InChI is InChI=1S/C46H33N3/c1-3-16-33(17-4-1)48-43-23-11-9-21-38(43)40-30-35(26-28-45(40)48)47(42-25-13-15-32-14-7-8-20-37(32)42)36-27-29-46-41(31-36)39-22-10-12-24-44(39)49(46)34-18-5-2-6-19-34/h1,3-5,7-31H,2,6H2. The van der Waals surface area contributed by atoms with Crippen LogP contribution < -0.4 is 4.90 Å². The van der Waals surface area contributed by atoms with E-state index in [9.17, 15) is 0 Å². The second kappa shape index (κ2) is 11.1.